The zero-order chi connectivity index (χ0) is 18.7. The molecule has 0 N–H and O–H groups in total. The summed E-state index contributed by atoms with van der Waals surface area (Å²) in [4.78, 5) is 15.1. The second kappa shape index (κ2) is 7.42. The van der Waals surface area contributed by atoms with Crippen LogP contribution in [0.4, 0.5) is 0 Å². The Kier molecular flexibility index (Phi) is 5.06. The summed E-state index contributed by atoms with van der Waals surface area (Å²) < 4.78 is 6.92. The molecule has 0 spiro atoms. The molecule has 2 aromatic carbocycles. The van der Waals surface area contributed by atoms with Gasteiger partial charge < -0.3 is 9.64 Å². The van der Waals surface area contributed by atoms with Gasteiger partial charge in [0.15, 0.2) is 0 Å². The van der Waals surface area contributed by atoms with Gasteiger partial charge in [0.05, 0.1) is 7.11 Å². The molecule has 0 radical (unpaired) electrons. The van der Waals surface area contributed by atoms with Crippen molar-refractivity contribution in [2.75, 3.05) is 27.7 Å². The molecular weight excluding hydrogens is 326 g/mol. The molecular formula is C21H21N3O2. The number of methoxy groups -OCH3 is 1. The van der Waals surface area contributed by atoms with E-state index in [4.69, 9.17) is 4.74 Å². The van der Waals surface area contributed by atoms with Gasteiger partial charge in [0.2, 0.25) is 0 Å². The third kappa shape index (κ3) is 3.19. The first-order valence-electron chi connectivity index (χ1n) is 8.41. The smallest absolute Gasteiger partial charge is 0.259 e. The van der Waals surface area contributed by atoms with Crippen LogP contribution >= 0.6 is 0 Å². The van der Waals surface area contributed by atoms with Crippen molar-refractivity contribution >= 4 is 10.8 Å². The van der Waals surface area contributed by atoms with E-state index in [9.17, 15) is 10.1 Å². The van der Waals surface area contributed by atoms with Crippen LogP contribution in [0.25, 0.3) is 21.9 Å². The maximum atomic E-state index is 13.1. The van der Waals surface area contributed by atoms with Crippen molar-refractivity contribution in [3.8, 4) is 22.9 Å². The molecule has 5 nitrogen and oxygen atoms in total. The van der Waals surface area contributed by atoms with Gasteiger partial charge in [-0.2, -0.15) is 5.26 Å². The minimum atomic E-state index is -0.152. The fourth-order valence-electron chi connectivity index (χ4n) is 3.08. The zero-order valence-electron chi connectivity index (χ0n) is 15.2. The van der Waals surface area contributed by atoms with Gasteiger partial charge >= 0.3 is 0 Å². The maximum Gasteiger partial charge on any atom is 0.259 e. The molecule has 3 rings (SSSR count). The number of benzene rings is 2. The summed E-state index contributed by atoms with van der Waals surface area (Å²) >= 11 is 0. The number of hydrogen-bond acceptors (Lipinski definition) is 4. The first-order valence-corrected chi connectivity index (χ1v) is 8.41. The van der Waals surface area contributed by atoms with Crippen molar-refractivity contribution in [2.24, 2.45) is 0 Å². The van der Waals surface area contributed by atoms with Crippen LogP contribution in [0, 0.1) is 11.3 Å². The number of nitrogens with zero attached hydrogens (tertiary/aromatic N) is 3. The molecule has 5 heteroatoms. The van der Waals surface area contributed by atoms with E-state index in [1.54, 1.807) is 23.8 Å². The first-order chi connectivity index (χ1) is 12.6. The number of ether oxygens (including phenoxy) is 1. The Morgan fingerprint density at radius 2 is 1.85 bits per heavy atom. The van der Waals surface area contributed by atoms with E-state index in [2.05, 4.69) is 6.07 Å². The highest BCUT2D eigenvalue weighted by atomic mass is 16.5. The van der Waals surface area contributed by atoms with Crippen molar-refractivity contribution in [1.29, 1.82) is 5.26 Å². The van der Waals surface area contributed by atoms with E-state index in [0.717, 1.165) is 16.5 Å². The van der Waals surface area contributed by atoms with Gasteiger partial charge in [0.1, 0.15) is 17.5 Å². The average molecular weight is 347 g/mol. The molecule has 1 heterocycles. The molecule has 3 aromatic rings. The molecule has 0 aliphatic rings. The number of nitriles is 1. The van der Waals surface area contributed by atoms with Crippen LogP contribution in [0.1, 0.15) is 5.69 Å². The lowest BCUT2D eigenvalue weighted by molar-refractivity contribution is 0.380. The molecule has 0 atom stereocenters. The van der Waals surface area contributed by atoms with E-state index < -0.39 is 0 Å². The molecule has 0 unspecified atom stereocenters. The van der Waals surface area contributed by atoms with Crippen LogP contribution in [0.5, 0.6) is 5.75 Å². The van der Waals surface area contributed by atoms with Gasteiger partial charge in [0, 0.05) is 29.4 Å². The summed E-state index contributed by atoms with van der Waals surface area (Å²) in [6.07, 6.45) is 0. The normalized spacial score (nSPS) is 10.9. The molecule has 0 amide bonds. The molecule has 0 bridgehead atoms. The highest BCUT2D eigenvalue weighted by molar-refractivity contribution is 5.99. The van der Waals surface area contributed by atoms with Crippen LogP contribution < -0.4 is 10.3 Å². The third-order valence-corrected chi connectivity index (χ3v) is 4.42. The Morgan fingerprint density at radius 3 is 2.46 bits per heavy atom. The number of likely N-dealkylation sites (N-methyl/N-ethyl adjacent to an activating group) is 1. The van der Waals surface area contributed by atoms with Gasteiger partial charge in [-0.05, 0) is 37.9 Å². The summed E-state index contributed by atoms with van der Waals surface area (Å²) in [5.74, 6) is 0.656. The minimum absolute atomic E-state index is 0.152. The van der Waals surface area contributed by atoms with Crippen LogP contribution in [0.2, 0.25) is 0 Å². The number of hydrogen-bond donors (Lipinski definition) is 0. The predicted molar refractivity (Wildman–Crippen MR) is 103 cm³/mol. The lowest BCUT2D eigenvalue weighted by Crippen LogP contribution is -2.29. The largest absolute Gasteiger partial charge is 0.497 e. The summed E-state index contributed by atoms with van der Waals surface area (Å²) in [5, 5.41) is 11.2. The standard InChI is InChI=1S/C21H21N3O2/c1-23(2)11-12-24-19(14-22)20(15-7-5-4-6-8-15)18-13-16(26-3)9-10-17(18)21(24)25/h4-10,13H,11-12H2,1-3H3. The van der Waals surface area contributed by atoms with Crippen molar-refractivity contribution in [1.82, 2.24) is 9.47 Å². The van der Waals surface area contributed by atoms with E-state index >= 15 is 0 Å². The van der Waals surface area contributed by atoms with Crippen LogP contribution in [0.15, 0.2) is 53.3 Å². The number of aromatic nitrogens is 1. The molecule has 26 heavy (non-hydrogen) atoms. The lowest BCUT2D eigenvalue weighted by atomic mass is 9.97. The van der Waals surface area contributed by atoms with Crippen LogP contribution in [-0.4, -0.2) is 37.2 Å². The Morgan fingerprint density at radius 1 is 1.12 bits per heavy atom. The quantitative estimate of drug-likeness (QED) is 0.712. The topological polar surface area (TPSA) is 58.3 Å². The minimum Gasteiger partial charge on any atom is -0.497 e. The number of fused-ring (bicyclic) bond motifs is 1. The second-order valence-corrected chi connectivity index (χ2v) is 6.37. The van der Waals surface area contributed by atoms with E-state index in [1.165, 1.54) is 0 Å². The Labute approximate surface area is 152 Å². The fraction of sp³-hybridized carbons (Fsp3) is 0.238. The van der Waals surface area contributed by atoms with Crippen molar-refractivity contribution in [2.45, 2.75) is 6.54 Å². The van der Waals surface area contributed by atoms with Crippen molar-refractivity contribution < 1.29 is 4.74 Å². The molecule has 0 aliphatic carbocycles. The Hall–Kier alpha value is -3.10. The summed E-state index contributed by atoms with van der Waals surface area (Å²) in [6, 6.07) is 17.3. The molecule has 0 aliphatic heterocycles. The SMILES string of the molecule is COc1ccc2c(=O)n(CCN(C)C)c(C#N)c(-c3ccccc3)c2c1. The zero-order valence-corrected chi connectivity index (χ0v) is 15.2. The Bertz CT molecular complexity index is 1030. The first kappa shape index (κ1) is 17.7. The summed E-state index contributed by atoms with van der Waals surface area (Å²) in [7, 11) is 5.48. The molecule has 0 saturated carbocycles. The average Bonchev–Trinajstić information content (AvgIpc) is 2.66. The van der Waals surface area contributed by atoms with Gasteiger partial charge in [-0.3, -0.25) is 9.36 Å². The number of pyridine rings is 1. The monoisotopic (exact) mass is 347 g/mol. The molecule has 1 aromatic heterocycles. The molecule has 0 fully saturated rings. The van der Waals surface area contributed by atoms with Crippen molar-refractivity contribution in [3.05, 3.63) is 64.6 Å². The Balaban J connectivity index is 2.41. The summed E-state index contributed by atoms with van der Waals surface area (Å²) in [5.41, 5.74) is 1.89. The third-order valence-electron chi connectivity index (χ3n) is 4.42. The van der Waals surface area contributed by atoms with E-state index in [0.29, 0.717) is 29.9 Å². The lowest BCUT2D eigenvalue weighted by Gasteiger charge is -2.18. The maximum absolute atomic E-state index is 13.1. The molecule has 0 saturated heterocycles. The van der Waals surface area contributed by atoms with Crippen LogP contribution in [-0.2, 0) is 6.54 Å². The van der Waals surface area contributed by atoms with Gasteiger partial charge in [-0.25, -0.2) is 0 Å². The molecule has 132 valence electrons. The summed E-state index contributed by atoms with van der Waals surface area (Å²) in [6.45, 7) is 1.13. The fourth-order valence-corrected chi connectivity index (χ4v) is 3.08. The second-order valence-electron chi connectivity index (χ2n) is 6.37. The van der Waals surface area contributed by atoms with Gasteiger partial charge in [-0.1, -0.05) is 30.3 Å². The van der Waals surface area contributed by atoms with Crippen LogP contribution in [0.3, 0.4) is 0 Å². The van der Waals surface area contributed by atoms with Gasteiger partial charge in [-0.15, -0.1) is 0 Å². The van der Waals surface area contributed by atoms with E-state index in [-0.39, 0.29) is 5.56 Å². The number of rotatable bonds is 5. The van der Waals surface area contributed by atoms with Crippen molar-refractivity contribution in [3.63, 3.8) is 0 Å². The highest BCUT2D eigenvalue weighted by Crippen LogP contribution is 2.32. The van der Waals surface area contributed by atoms with E-state index in [1.807, 2.05) is 55.4 Å². The highest BCUT2D eigenvalue weighted by Gasteiger charge is 2.18. The predicted octanol–water partition coefficient (Wildman–Crippen LogP) is 3.11. The van der Waals surface area contributed by atoms with Gasteiger partial charge in [0.25, 0.3) is 5.56 Å².